The number of ketones is 1. The minimum atomic E-state index is -0.705. The average molecular weight is 523 g/mol. The summed E-state index contributed by atoms with van der Waals surface area (Å²) in [5.41, 5.74) is 2.85. The van der Waals surface area contributed by atoms with Gasteiger partial charge in [-0.25, -0.2) is 4.98 Å². The van der Waals surface area contributed by atoms with E-state index in [-0.39, 0.29) is 22.5 Å². The molecule has 0 radical (unpaired) electrons. The van der Waals surface area contributed by atoms with E-state index >= 15 is 0 Å². The van der Waals surface area contributed by atoms with Gasteiger partial charge in [-0.2, -0.15) is 0 Å². The molecule has 1 aliphatic heterocycles. The van der Waals surface area contributed by atoms with Crippen LogP contribution in [0.25, 0.3) is 11.0 Å². The number of rotatable bonds is 4. The fourth-order valence-corrected chi connectivity index (χ4v) is 5.56. The highest BCUT2D eigenvalue weighted by molar-refractivity contribution is 9.10. The summed E-state index contributed by atoms with van der Waals surface area (Å²) in [6, 6.07) is 12.3. The van der Waals surface area contributed by atoms with Gasteiger partial charge in [0.2, 0.25) is 5.76 Å². The van der Waals surface area contributed by atoms with Crippen LogP contribution in [0.15, 0.2) is 56.1 Å². The normalized spacial score (nSPS) is 15.3. The van der Waals surface area contributed by atoms with Crippen LogP contribution in [0.1, 0.15) is 62.5 Å². The third kappa shape index (κ3) is 3.45. The molecule has 0 saturated carbocycles. The highest BCUT2D eigenvalue weighted by Gasteiger charge is 2.45. The molecule has 0 saturated heterocycles. The predicted molar refractivity (Wildman–Crippen MR) is 132 cm³/mol. The number of aromatic nitrogens is 1. The summed E-state index contributed by atoms with van der Waals surface area (Å²) in [4.78, 5) is 45.8. The molecule has 1 unspecified atom stereocenters. The molecule has 33 heavy (non-hydrogen) atoms. The molecule has 166 valence electrons. The van der Waals surface area contributed by atoms with Gasteiger partial charge < -0.3 is 4.42 Å². The van der Waals surface area contributed by atoms with Crippen LogP contribution in [0.2, 0.25) is 0 Å². The van der Waals surface area contributed by atoms with E-state index in [1.165, 1.54) is 11.8 Å². The number of fused-ring (bicyclic) bond motifs is 2. The maximum atomic E-state index is 13.7. The zero-order valence-electron chi connectivity index (χ0n) is 18.1. The van der Waals surface area contributed by atoms with Gasteiger partial charge in [0.15, 0.2) is 16.3 Å². The van der Waals surface area contributed by atoms with Gasteiger partial charge in [-0.3, -0.25) is 19.3 Å². The molecule has 1 atom stereocenters. The third-order valence-corrected chi connectivity index (χ3v) is 7.60. The molecule has 0 N–H and O–H groups in total. The van der Waals surface area contributed by atoms with Gasteiger partial charge in [0.25, 0.3) is 5.91 Å². The fourth-order valence-electron chi connectivity index (χ4n) is 4.21. The standard InChI is InChI=1S/C25H19BrN2O4S/c1-4-14-5-7-15(8-6-14)20-19-21(30)17-11-16(26)9-10-18(17)32-22(19)24(31)28(20)25-27-12(2)23(33-25)13(3)29/h5-11,20H,4H2,1-3H3. The lowest BCUT2D eigenvalue weighted by molar-refractivity contribution is 0.0969. The van der Waals surface area contributed by atoms with Crippen molar-refractivity contribution in [2.45, 2.75) is 33.2 Å². The van der Waals surface area contributed by atoms with Crippen LogP contribution >= 0.6 is 27.3 Å². The number of amides is 1. The maximum Gasteiger partial charge on any atom is 0.297 e. The summed E-state index contributed by atoms with van der Waals surface area (Å²) in [6.45, 7) is 5.28. The molecule has 4 aromatic rings. The number of thiazole rings is 1. The number of benzene rings is 2. The lowest BCUT2D eigenvalue weighted by atomic mass is 9.97. The summed E-state index contributed by atoms with van der Waals surface area (Å²) < 4.78 is 6.73. The number of anilines is 1. The van der Waals surface area contributed by atoms with Crippen molar-refractivity contribution in [2.75, 3.05) is 4.90 Å². The van der Waals surface area contributed by atoms with Crippen LogP contribution in [0.3, 0.4) is 0 Å². The number of Topliss-reactive ketones (excluding diaryl/α,β-unsaturated/α-hetero) is 1. The van der Waals surface area contributed by atoms with Crippen LogP contribution in [-0.4, -0.2) is 16.7 Å². The van der Waals surface area contributed by atoms with Crippen molar-refractivity contribution in [3.8, 4) is 0 Å². The molecule has 6 nitrogen and oxygen atoms in total. The van der Waals surface area contributed by atoms with Gasteiger partial charge in [-0.15, -0.1) is 0 Å². The number of hydrogen-bond acceptors (Lipinski definition) is 6. The van der Waals surface area contributed by atoms with Crippen LogP contribution < -0.4 is 10.3 Å². The number of aryl methyl sites for hydroxylation is 2. The van der Waals surface area contributed by atoms with Crippen molar-refractivity contribution in [2.24, 2.45) is 0 Å². The largest absolute Gasteiger partial charge is 0.450 e. The van der Waals surface area contributed by atoms with E-state index in [0.717, 1.165) is 33.4 Å². The van der Waals surface area contributed by atoms with Gasteiger partial charge in [0.05, 0.1) is 27.6 Å². The second kappa shape index (κ2) is 8.04. The number of carbonyl (C=O) groups excluding carboxylic acids is 2. The zero-order chi connectivity index (χ0) is 23.4. The quantitative estimate of drug-likeness (QED) is 0.314. The Bertz CT molecular complexity index is 1500. The lowest BCUT2D eigenvalue weighted by Gasteiger charge is -2.22. The fraction of sp³-hybridized carbons (Fsp3) is 0.200. The van der Waals surface area contributed by atoms with E-state index in [1.54, 1.807) is 25.1 Å². The Labute approximate surface area is 202 Å². The number of halogens is 1. The van der Waals surface area contributed by atoms with Gasteiger partial charge in [0, 0.05) is 11.4 Å². The first-order valence-electron chi connectivity index (χ1n) is 10.5. The van der Waals surface area contributed by atoms with Gasteiger partial charge in [-0.1, -0.05) is 58.5 Å². The highest BCUT2D eigenvalue weighted by atomic mass is 79.9. The van der Waals surface area contributed by atoms with Crippen molar-refractivity contribution < 1.29 is 14.0 Å². The van der Waals surface area contributed by atoms with Gasteiger partial charge in [0.1, 0.15) is 5.58 Å². The highest BCUT2D eigenvalue weighted by Crippen LogP contribution is 2.43. The third-order valence-electron chi connectivity index (χ3n) is 5.85. The predicted octanol–water partition coefficient (Wildman–Crippen LogP) is 5.84. The monoisotopic (exact) mass is 522 g/mol. The van der Waals surface area contributed by atoms with Crippen LogP contribution in [0.5, 0.6) is 0 Å². The molecule has 0 fully saturated rings. The first kappa shape index (κ1) is 21.7. The van der Waals surface area contributed by atoms with E-state index in [2.05, 4.69) is 27.8 Å². The van der Waals surface area contributed by atoms with E-state index in [9.17, 15) is 14.4 Å². The Morgan fingerprint density at radius 2 is 1.91 bits per heavy atom. The molecule has 1 amide bonds. The molecular formula is C25H19BrN2O4S. The van der Waals surface area contributed by atoms with E-state index in [4.69, 9.17) is 4.42 Å². The maximum absolute atomic E-state index is 13.7. The molecule has 0 bridgehead atoms. The van der Waals surface area contributed by atoms with E-state index < -0.39 is 11.9 Å². The number of nitrogens with zero attached hydrogens (tertiary/aromatic N) is 2. The summed E-state index contributed by atoms with van der Waals surface area (Å²) >= 11 is 4.56. The molecule has 3 heterocycles. The molecular weight excluding hydrogens is 504 g/mol. The molecule has 5 rings (SSSR count). The second-order valence-electron chi connectivity index (χ2n) is 7.95. The Morgan fingerprint density at radius 3 is 2.55 bits per heavy atom. The summed E-state index contributed by atoms with van der Waals surface area (Å²) in [6.07, 6.45) is 0.874. The minimum Gasteiger partial charge on any atom is -0.450 e. The first-order chi connectivity index (χ1) is 15.8. The van der Waals surface area contributed by atoms with Gasteiger partial charge >= 0.3 is 0 Å². The molecule has 0 spiro atoms. The van der Waals surface area contributed by atoms with Crippen molar-refractivity contribution in [1.29, 1.82) is 0 Å². The summed E-state index contributed by atoms with van der Waals surface area (Å²) in [5.74, 6) is -0.550. The van der Waals surface area contributed by atoms with Gasteiger partial charge in [-0.05, 0) is 42.7 Å². The zero-order valence-corrected chi connectivity index (χ0v) is 20.5. The molecule has 2 aromatic heterocycles. The molecule has 8 heteroatoms. The number of hydrogen-bond donors (Lipinski definition) is 0. The van der Waals surface area contributed by atoms with E-state index in [1.807, 2.05) is 24.3 Å². The van der Waals surface area contributed by atoms with Crippen LogP contribution in [-0.2, 0) is 6.42 Å². The molecule has 2 aromatic carbocycles. The molecule has 0 aliphatic carbocycles. The van der Waals surface area contributed by atoms with E-state index in [0.29, 0.717) is 26.7 Å². The topological polar surface area (TPSA) is 80.5 Å². The summed E-state index contributed by atoms with van der Waals surface area (Å²) in [5, 5.41) is 0.760. The van der Waals surface area contributed by atoms with Crippen molar-refractivity contribution >= 4 is 55.1 Å². The summed E-state index contributed by atoms with van der Waals surface area (Å²) in [7, 11) is 0. The first-order valence-corrected chi connectivity index (χ1v) is 12.1. The minimum absolute atomic E-state index is 0.0108. The SMILES string of the molecule is CCc1ccc(C2c3c(oc4ccc(Br)cc4c3=O)C(=O)N2c2nc(C)c(C(C)=O)s2)cc1. The smallest absolute Gasteiger partial charge is 0.297 e. The lowest BCUT2D eigenvalue weighted by Crippen LogP contribution is -2.29. The Balaban J connectivity index is 1.79. The second-order valence-corrected chi connectivity index (χ2v) is 9.85. The van der Waals surface area contributed by atoms with Crippen LogP contribution in [0.4, 0.5) is 5.13 Å². The average Bonchev–Trinajstić information content (AvgIpc) is 3.32. The van der Waals surface area contributed by atoms with Crippen molar-refractivity contribution in [3.05, 3.63) is 90.2 Å². The molecule has 1 aliphatic rings. The van der Waals surface area contributed by atoms with Crippen molar-refractivity contribution in [1.82, 2.24) is 4.98 Å². The van der Waals surface area contributed by atoms with Crippen LogP contribution in [0, 0.1) is 6.92 Å². The number of carbonyl (C=O) groups is 2. The van der Waals surface area contributed by atoms with Crippen molar-refractivity contribution in [3.63, 3.8) is 0 Å². The Hall–Kier alpha value is -3.10. The Morgan fingerprint density at radius 1 is 1.18 bits per heavy atom. The Kier molecular flexibility index (Phi) is 5.29.